The lowest BCUT2D eigenvalue weighted by Crippen LogP contribution is -2.46. The topological polar surface area (TPSA) is 109 Å². The average molecular weight is 320 g/mol. The number of aliphatic carboxylic acids is 1. The predicted octanol–water partition coefficient (Wildman–Crippen LogP) is 2.05. The van der Waals surface area contributed by atoms with E-state index in [0.29, 0.717) is 5.56 Å². The zero-order valence-electron chi connectivity index (χ0n) is 13.3. The highest BCUT2D eigenvalue weighted by Crippen LogP contribution is 2.08. The number of nitrogens with one attached hydrogen (secondary N) is 1. The Balaban J connectivity index is 2.48. The number of alkyl carbamates (subject to hydrolysis) is 1. The molecular formula is C16H20N2O5. The van der Waals surface area contributed by atoms with Crippen molar-refractivity contribution in [3.63, 3.8) is 0 Å². The molecule has 0 aromatic heterocycles. The molecule has 1 amide bonds. The number of rotatable bonds is 6. The molecule has 0 radical (unpaired) electrons. The van der Waals surface area contributed by atoms with E-state index in [2.05, 4.69) is 5.32 Å². The maximum atomic E-state index is 11.6. The smallest absolute Gasteiger partial charge is 0.408 e. The standard InChI is InChI=1S/C16H20N2O5/c1-16(2,3)23-15(21)18-13(14(19)20)10-22-9-12-6-4-11(8-17)5-7-12/h4-7,13H,9-10H2,1-3H3,(H,18,21)(H,19,20)/t13-/m1/s1. The van der Waals surface area contributed by atoms with Gasteiger partial charge in [0.2, 0.25) is 0 Å². The molecule has 0 fully saturated rings. The molecule has 1 aromatic rings. The highest BCUT2D eigenvalue weighted by atomic mass is 16.6. The molecule has 7 heteroatoms. The van der Waals surface area contributed by atoms with Crippen LogP contribution in [0.2, 0.25) is 0 Å². The average Bonchev–Trinajstić information content (AvgIpc) is 2.44. The summed E-state index contributed by atoms with van der Waals surface area (Å²) in [6, 6.07) is 7.52. The van der Waals surface area contributed by atoms with Crippen LogP contribution in [0.15, 0.2) is 24.3 Å². The minimum atomic E-state index is -1.21. The molecule has 1 atom stereocenters. The molecule has 0 aliphatic rings. The number of nitriles is 1. The molecule has 23 heavy (non-hydrogen) atoms. The van der Waals surface area contributed by atoms with E-state index in [4.69, 9.17) is 19.8 Å². The van der Waals surface area contributed by atoms with Crippen molar-refractivity contribution in [3.05, 3.63) is 35.4 Å². The molecule has 1 aromatic carbocycles. The second-order valence-electron chi connectivity index (χ2n) is 5.86. The van der Waals surface area contributed by atoms with Gasteiger partial charge in [-0.05, 0) is 38.5 Å². The number of ether oxygens (including phenoxy) is 2. The highest BCUT2D eigenvalue weighted by molar-refractivity contribution is 5.80. The van der Waals surface area contributed by atoms with Gasteiger partial charge in [0.15, 0.2) is 6.04 Å². The van der Waals surface area contributed by atoms with E-state index >= 15 is 0 Å². The minimum absolute atomic E-state index is 0.172. The second kappa shape index (κ2) is 8.15. The van der Waals surface area contributed by atoms with Crippen molar-refractivity contribution in [1.29, 1.82) is 5.26 Å². The Kier molecular flexibility index (Phi) is 6.54. The lowest BCUT2D eigenvalue weighted by Gasteiger charge is -2.22. The van der Waals surface area contributed by atoms with E-state index < -0.39 is 23.7 Å². The third-order valence-electron chi connectivity index (χ3n) is 2.63. The summed E-state index contributed by atoms with van der Waals surface area (Å²) in [5.41, 5.74) is 0.616. The fraction of sp³-hybridized carbons (Fsp3) is 0.438. The normalized spacial score (nSPS) is 12.1. The molecule has 7 nitrogen and oxygen atoms in total. The molecule has 0 spiro atoms. The molecule has 0 aliphatic heterocycles. The summed E-state index contributed by atoms with van der Waals surface area (Å²) in [6.45, 7) is 5.03. The summed E-state index contributed by atoms with van der Waals surface area (Å²) in [5, 5.41) is 20.1. The summed E-state index contributed by atoms with van der Waals surface area (Å²) < 4.78 is 10.3. The van der Waals surface area contributed by atoms with Crippen LogP contribution in [-0.4, -0.2) is 35.4 Å². The SMILES string of the molecule is CC(C)(C)OC(=O)N[C@H](COCc1ccc(C#N)cc1)C(=O)O. The molecule has 0 heterocycles. The molecule has 0 unspecified atom stereocenters. The van der Waals surface area contributed by atoms with E-state index in [9.17, 15) is 9.59 Å². The van der Waals surface area contributed by atoms with Crippen LogP contribution < -0.4 is 5.32 Å². The second-order valence-corrected chi connectivity index (χ2v) is 5.86. The first-order valence-corrected chi connectivity index (χ1v) is 7.00. The number of benzene rings is 1. The zero-order valence-corrected chi connectivity index (χ0v) is 13.3. The Hall–Kier alpha value is -2.59. The first-order chi connectivity index (χ1) is 10.7. The summed E-state index contributed by atoms with van der Waals surface area (Å²) in [6.07, 6.45) is -0.813. The van der Waals surface area contributed by atoms with Crippen LogP contribution in [0.4, 0.5) is 4.79 Å². The van der Waals surface area contributed by atoms with Crippen LogP contribution in [0.25, 0.3) is 0 Å². The first-order valence-electron chi connectivity index (χ1n) is 7.00. The van der Waals surface area contributed by atoms with Crippen LogP contribution in [-0.2, 0) is 20.9 Å². The van der Waals surface area contributed by atoms with Gasteiger partial charge in [0.25, 0.3) is 0 Å². The number of carbonyl (C=O) groups is 2. The minimum Gasteiger partial charge on any atom is -0.480 e. The molecule has 0 aliphatic carbocycles. The van der Waals surface area contributed by atoms with Gasteiger partial charge >= 0.3 is 12.1 Å². The van der Waals surface area contributed by atoms with Crippen LogP contribution in [0, 0.1) is 11.3 Å². The summed E-state index contributed by atoms with van der Waals surface area (Å²) in [4.78, 5) is 22.7. The quantitative estimate of drug-likeness (QED) is 0.830. The first kappa shape index (κ1) is 18.5. The largest absolute Gasteiger partial charge is 0.480 e. The monoisotopic (exact) mass is 320 g/mol. The number of carboxylic acid groups (broad SMARTS) is 1. The molecule has 2 N–H and O–H groups in total. The van der Waals surface area contributed by atoms with Crippen LogP contribution >= 0.6 is 0 Å². The molecule has 1 rings (SSSR count). The van der Waals surface area contributed by atoms with Crippen molar-refractivity contribution in [1.82, 2.24) is 5.32 Å². The molecular weight excluding hydrogens is 300 g/mol. The van der Waals surface area contributed by atoms with Gasteiger partial charge in [-0.15, -0.1) is 0 Å². The Morgan fingerprint density at radius 2 is 1.91 bits per heavy atom. The molecule has 0 bridgehead atoms. The zero-order chi connectivity index (χ0) is 17.5. The van der Waals surface area contributed by atoms with E-state index in [0.717, 1.165) is 5.56 Å². The van der Waals surface area contributed by atoms with Crippen LogP contribution in [0.5, 0.6) is 0 Å². The van der Waals surface area contributed by atoms with Crippen molar-refractivity contribution < 1.29 is 24.2 Å². The van der Waals surface area contributed by atoms with Gasteiger partial charge in [-0.1, -0.05) is 12.1 Å². The Labute approximate surface area is 134 Å². The molecule has 0 saturated carbocycles. The van der Waals surface area contributed by atoms with Gasteiger partial charge in [0, 0.05) is 0 Å². The van der Waals surface area contributed by atoms with Gasteiger partial charge in [-0.2, -0.15) is 5.26 Å². The fourth-order valence-electron chi connectivity index (χ4n) is 1.59. The van der Waals surface area contributed by atoms with E-state index in [1.165, 1.54) is 0 Å². The van der Waals surface area contributed by atoms with Crippen LogP contribution in [0.3, 0.4) is 0 Å². The van der Waals surface area contributed by atoms with E-state index in [-0.39, 0.29) is 13.2 Å². The lowest BCUT2D eigenvalue weighted by atomic mass is 10.2. The maximum absolute atomic E-state index is 11.6. The Morgan fingerprint density at radius 3 is 2.39 bits per heavy atom. The van der Waals surface area contributed by atoms with Crippen molar-refractivity contribution in [3.8, 4) is 6.07 Å². The van der Waals surface area contributed by atoms with Gasteiger partial charge in [0.1, 0.15) is 5.60 Å². The highest BCUT2D eigenvalue weighted by Gasteiger charge is 2.24. The predicted molar refractivity (Wildman–Crippen MR) is 81.6 cm³/mol. The third kappa shape index (κ3) is 7.29. The Bertz CT molecular complexity index is 584. The van der Waals surface area contributed by atoms with Crippen molar-refractivity contribution in [2.24, 2.45) is 0 Å². The molecule has 124 valence electrons. The van der Waals surface area contributed by atoms with Crippen molar-refractivity contribution >= 4 is 12.1 Å². The fourth-order valence-corrected chi connectivity index (χ4v) is 1.59. The number of nitrogens with zero attached hydrogens (tertiary/aromatic N) is 1. The summed E-state index contributed by atoms with van der Waals surface area (Å²) in [5.74, 6) is -1.21. The number of hydrogen-bond donors (Lipinski definition) is 2. The third-order valence-corrected chi connectivity index (χ3v) is 2.63. The summed E-state index contributed by atoms with van der Waals surface area (Å²) >= 11 is 0. The maximum Gasteiger partial charge on any atom is 0.408 e. The number of amides is 1. The number of carbonyl (C=O) groups excluding carboxylic acids is 1. The van der Waals surface area contributed by atoms with Gasteiger partial charge < -0.3 is 19.9 Å². The van der Waals surface area contributed by atoms with Gasteiger partial charge in [0.05, 0.1) is 24.8 Å². The summed E-state index contributed by atoms with van der Waals surface area (Å²) in [7, 11) is 0. The number of carboxylic acids is 1. The van der Waals surface area contributed by atoms with E-state index in [1.807, 2.05) is 6.07 Å². The molecule has 0 saturated heterocycles. The lowest BCUT2D eigenvalue weighted by molar-refractivity contribution is -0.141. The van der Waals surface area contributed by atoms with Crippen molar-refractivity contribution in [2.75, 3.05) is 6.61 Å². The van der Waals surface area contributed by atoms with Crippen molar-refractivity contribution in [2.45, 2.75) is 39.0 Å². The van der Waals surface area contributed by atoms with Gasteiger partial charge in [-0.25, -0.2) is 9.59 Å². The van der Waals surface area contributed by atoms with Crippen LogP contribution in [0.1, 0.15) is 31.9 Å². The number of hydrogen-bond acceptors (Lipinski definition) is 5. The Morgan fingerprint density at radius 1 is 1.30 bits per heavy atom. The van der Waals surface area contributed by atoms with E-state index in [1.54, 1.807) is 45.0 Å². The van der Waals surface area contributed by atoms with Gasteiger partial charge in [-0.3, -0.25) is 0 Å².